The SMILES string of the molecule is CC/C=C\C/C=C\C/C=C\C/C=C\CCCCCCC(=O)OC(COC(=O)CCCCCCCC/C=C\C/C=C\C/C=C\CCCCC)COP(=O)(O)O. The van der Waals surface area contributed by atoms with E-state index >= 15 is 0 Å². The van der Waals surface area contributed by atoms with Gasteiger partial charge in [0.25, 0.3) is 0 Å². The normalized spacial score (nSPS) is 13.3. The van der Waals surface area contributed by atoms with Crippen LogP contribution in [0.3, 0.4) is 0 Å². The molecule has 0 saturated carbocycles. The van der Waals surface area contributed by atoms with Crippen LogP contribution in [0.25, 0.3) is 0 Å². The van der Waals surface area contributed by atoms with Crippen molar-refractivity contribution >= 4 is 19.8 Å². The molecular weight excluding hydrogens is 699 g/mol. The molecule has 0 aromatic rings. The molecule has 0 spiro atoms. The predicted octanol–water partition coefficient (Wildman–Crippen LogP) is 12.8. The maximum atomic E-state index is 12.4. The highest BCUT2D eigenvalue weighted by atomic mass is 31.2. The first-order valence-electron chi connectivity index (χ1n) is 20.9. The number of allylic oxidation sites excluding steroid dienone is 14. The van der Waals surface area contributed by atoms with Gasteiger partial charge in [-0.05, 0) is 89.9 Å². The Bertz CT molecular complexity index is 1140. The fourth-order valence-electron chi connectivity index (χ4n) is 5.31. The van der Waals surface area contributed by atoms with Gasteiger partial charge in [-0.2, -0.15) is 0 Å². The molecule has 308 valence electrons. The van der Waals surface area contributed by atoms with E-state index in [0.717, 1.165) is 103 Å². The Labute approximate surface area is 329 Å². The number of hydrogen-bond donors (Lipinski definition) is 2. The maximum Gasteiger partial charge on any atom is 0.469 e. The van der Waals surface area contributed by atoms with E-state index in [4.69, 9.17) is 19.3 Å². The molecule has 0 aliphatic carbocycles. The van der Waals surface area contributed by atoms with Crippen LogP contribution >= 0.6 is 7.82 Å². The third-order valence-electron chi connectivity index (χ3n) is 8.40. The molecule has 2 N–H and O–H groups in total. The van der Waals surface area contributed by atoms with Crippen LogP contribution in [0, 0.1) is 0 Å². The Hall–Kier alpha value is -2.77. The van der Waals surface area contributed by atoms with Gasteiger partial charge in [0, 0.05) is 12.8 Å². The second-order valence-corrected chi connectivity index (χ2v) is 14.8. The zero-order chi connectivity index (χ0) is 39.6. The van der Waals surface area contributed by atoms with Crippen molar-refractivity contribution < 1.29 is 37.9 Å². The number of hydrogen-bond acceptors (Lipinski definition) is 6. The standard InChI is InChI=1S/C45H75O8P/c1-3-5-7-9-11-13-15-17-19-21-22-24-25-27-29-31-33-35-37-39-44(46)51-41-43(42-52-54(48,49)50)53-45(47)40-38-36-34-32-30-28-26-23-20-18-16-14-12-10-8-6-4-2/h6,8,11-14,17-20,22,24,26,28,43H,3-5,7,9-10,15-16,21,23,25,27,29-42H2,1-2H3,(H2,48,49,50)/b8-6-,13-11-,14-12-,19-17-,20-18-,24-22-,28-26-. The van der Waals surface area contributed by atoms with Crippen molar-refractivity contribution in [1.82, 2.24) is 0 Å². The Kier molecular flexibility index (Phi) is 37.9. The van der Waals surface area contributed by atoms with Crippen LogP contribution in [0.1, 0.15) is 168 Å². The van der Waals surface area contributed by atoms with E-state index in [0.29, 0.717) is 12.8 Å². The number of ether oxygens (including phenoxy) is 2. The second-order valence-electron chi connectivity index (χ2n) is 13.6. The lowest BCUT2D eigenvalue weighted by atomic mass is 10.1. The third-order valence-corrected chi connectivity index (χ3v) is 8.88. The van der Waals surface area contributed by atoms with Gasteiger partial charge in [0.05, 0.1) is 6.61 Å². The van der Waals surface area contributed by atoms with Gasteiger partial charge in [-0.3, -0.25) is 14.1 Å². The fourth-order valence-corrected chi connectivity index (χ4v) is 5.67. The fraction of sp³-hybridized carbons (Fsp3) is 0.644. The molecule has 0 heterocycles. The van der Waals surface area contributed by atoms with Crippen LogP contribution in [-0.2, 0) is 28.2 Å². The number of phosphoric acid groups is 1. The maximum absolute atomic E-state index is 12.4. The number of rotatable bonds is 37. The third kappa shape index (κ3) is 42.0. The molecule has 54 heavy (non-hydrogen) atoms. The Morgan fingerprint density at radius 2 is 0.889 bits per heavy atom. The van der Waals surface area contributed by atoms with Gasteiger partial charge in [-0.15, -0.1) is 0 Å². The van der Waals surface area contributed by atoms with Gasteiger partial charge < -0.3 is 19.3 Å². The molecule has 0 aromatic carbocycles. The lowest BCUT2D eigenvalue weighted by Gasteiger charge is -2.18. The van der Waals surface area contributed by atoms with E-state index < -0.39 is 32.5 Å². The summed E-state index contributed by atoms with van der Waals surface area (Å²) in [6.07, 6.45) is 53.0. The van der Waals surface area contributed by atoms with E-state index in [9.17, 15) is 14.2 Å². The molecule has 0 saturated heterocycles. The summed E-state index contributed by atoms with van der Waals surface area (Å²) in [5, 5.41) is 0. The second kappa shape index (κ2) is 39.9. The number of carbonyl (C=O) groups excluding carboxylic acids is 2. The molecule has 0 radical (unpaired) electrons. The highest BCUT2D eigenvalue weighted by Crippen LogP contribution is 2.36. The number of unbranched alkanes of at least 4 members (excludes halogenated alkanes) is 13. The Morgan fingerprint density at radius 1 is 0.500 bits per heavy atom. The van der Waals surface area contributed by atoms with E-state index in [1.807, 2.05) is 0 Å². The minimum Gasteiger partial charge on any atom is -0.462 e. The number of esters is 2. The molecule has 0 aliphatic heterocycles. The summed E-state index contributed by atoms with van der Waals surface area (Å²) in [4.78, 5) is 42.9. The minimum absolute atomic E-state index is 0.176. The topological polar surface area (TPSA) is 119 Å². The summed E-state index contributed by atoms with van der Waals surface area (Å²) in [6, 6.07) is 0. The van der Waals surface area contributed by atoms with E-state index in [2.05, 4.69) is 103 Å². The Balaban J connectivity index is 4.01. The molecule has 0 amide bonds. The van der Waals surface area contributed by atoms with Crippen LogP contribution in [0.5, 0.6) is 0 Å². The lowest BCUT2D eigenvalue weighted by molar-refractivity contribution is -0.161. The van der Waals surface area contributed by atoms with E-state index in [1.54, 1.807) is 0 Å². The van der Waals surface area contributed by atoms with Crippen molar-refractivity contribution in [3.63, 3.8) is 0 Å². The van der Waals surface area contributed by atoms with Crippen LogP contribution in [-0.4, -0.2) is 41.0 Å². The summed E-state index contributed by atoms with van der Waals surface area (Å²) in [5.41, 5.74) is 0. The molecular formula is C45H75O8P. The molecule has 1 atom stereocenters. The number of phosphoric ester groups is 1. The molecule has 0 aliphatic rings. The van der Waals surface area contributed by atoms with Crippen LogP contribution < -0.4 is 0 Å². The van der Waals surface area contributed by atoms with Crippen molar-refractivity contribution in [1.29, 1.82) is 0 Å². The lowest BCUT2D eigenvalue weighted by Crippen LogP contribution is -2.29. The largest absolute Gasteiger partial charge is 0.469 e. The first-order chi connectivity index (χ1) is 26.3. The smallest absolute Gasteiger partial charge is 0.462 e. The Morgan fingerprint density at radius 3 is 1.33 bits per heavy atom. The van der Waals surface area contributed by atoms with Crippen molar-refractivity contribution in [3.05, 3.63) is 85.1 Å². The van der Waals surface area contributed by atoms with Crippen molar-refractivity contribution in [2.75, 3.05) is 13.2 Å². The average Bonchev–Trinajstić information content (AvgIpc) is 3.14. The summed E-state index contributed by atoms with van der Waals surface area (Å²) in [5.74, 6) is -0.934. The van der Waals surface area contributed by atoms with Crippen molar-refractivity contribution in [2.45, 2.75) is 174 Å². The highest BCUT2D eigenvalue weighted by molar-refractivity contribution is 7.46. The van der Waals surface area contributed by atoms with Crippen LogP contribution in [0.2, 0.25) is 0 Å². The van der Waals surface area contributed by atoms with E-state index in [1.165, 1.54) is 25.7 Å². The molecule has 0 rings (SSSR count). The quantitative estimate of drug-likeness (QED) is 0.0277. The predicted molar refractivity (Wildman–Crippen MR) is 225 cm³/mol. The van der Waals surface area contributed by atoms with Gasteiger partial charge in [0.15, 0.2) is 6.10 Å². The molecule has 9 heteroatoms. The van der Waals surface area contributed by atoms with Gasteiger partial charge >= 0.3 is 19.8 Å². The summed E-state index contributed by atoms with van der Waals surface area (Å²) >= 11 is 0. The zero-order valence-electron chi connectivity index (χ0n) is 33.8. The number of carbonyl (C=O) groups is 2. The van der Waals surface area contributed by atoms with Gasteiger partial charge in [-0.1, -0.05) is 150 Å². The highest BCUT2D eigenvalue weighted by Gasteiger charge is 2.22. The van der Waals surface area contributed by atoms with Crippen LogP contribution in [0.15, 0.2) is 85.1 Å². The molecule has 8 nitrogen and oxygen atoms in total. The van der Waals surface area contributed by atoms with E-state index in [-0.39, 0.29) is 19.4 Å². The molecule has 0 bridgehead atoms. The van der Waals surface area contributed by atoms with Crippen molar-refractivity contribution in [3.8, 4) is 0 Å². The van der Waals surface area contributed by atoms with Gasteiger partial charge in [-0.25, -0.2) is 4.57 Å². The minimum atomic E-state index is -4.77. The van der Waals surface area contributed by atoms with Gasteiger partial charge in [0.2, 0.25) is 0 Å². The summed E-state index contributed by atoms with van der Waals surface area (Å²) in [6.45, 7) is 3.50. The first-order valence-corrected chi connectivity index (χ1v) is 22.4. The molecule has 0 aromatic heterocycles. The van der Waals surface area contributed by atoms with Crippen LogP contribution in [0.4, 0.5) is 0 Å². The van der Waals surface area contributed by atoms with Crippen molar-refractivity contribution in [2.24, 2.45) is 0 Å². The average molecular weight is 775 g/mol. The summed E-state index contributed by atoms with van der Waals surface area (Å²) in [7, 11) is -4.77. The van der Waals surface area contributed by atoms with Gasteiger partial charge in [0.1, 0.15) is 6.61 Å². The first kappa shape index (κ1) is 51.2. The zero-order valence-corrected chi connectivity index (χ0v) is 34.7. The summed E-state index contributed by atoms with van der Waals surface area (Å²) < 4.78 is 26.4. The molecule has 1 unspecified atom stereocenters. The molecule has 0 fully saturated rings. The monoisotopic (exact) mass is 775 g/mol.